The van der Waals surface area contributed by atoms with Gasteiger partial charge in [0.15, 0.2) is 0 Å². The van der Waals surface area contributed by atoms with E-state index >= 15 is 0 Å². The topological polar surface area (TPSA) is 26.3 Å². The highest BCUT2D eigenvalue weighted by atomic mass is 19.1. The molecule has 0 rings (SSSR count). The minimum atomic E-state index is -1.17. The molecule has 0 aromatic rings. The van der Waals surface area contributed by atoms with Gasteiger partial charge in [-0.1, -0.05) is 6.55 Å². The van der Waals surface area contributed by atoms with Gasteiger partial charge in [0.1, 0.15) is 0 Å². The van der Waals surface area contributed by atoms with Crippen molar-refractivity contribution in [3.63, 3.8) is 0 Å². The van der Waals surface area contributed by atoms with Gasteiger partial charge in [0.05, 0.1) is 7.47 Å². The van der Waals surface area contributed by atoms with Crippen LogP contribution in [-0.2, 0) is 9.53 Å². The van der Waals surface area contributed by atoms with Crippen molar-refractivity contribution in [1.29, 1.82) is 0 Å². The molecular weight excluding hydrogens is 123 g/mol. The van der Waals surface area contributed by atoms with E-state index in [0.717, 1.165) is 0 Å². The third-order valence-corrected chi connectivity index (χ3v) is 0.538. The van der Waals surface area contributed by atoms with Crippen LogP contribution in [0.1, 0.15) is 15.2 Å². The van der Waals surface area contributed by atoms with Crippen LogP contribution in [-0.4, -0.2) is 12.1 Å². The maximum Gasteiger partial charge on any atom is 0.366 e. The molecule has 0 aliphatic rings. The Morgan fingerprint density at radius 3 is 2.78 bits per heavy atom. The zero-order valence-corrected chi connectivity index (χ0v) is 5.35. The lowest BCUT2D eigenvalue weighted by Crippen LogP contribution is -2.10. The molecule has 0 unspecified atom stereocenters. The van der Waals surface area contributed by atoms with Gasteiger partial charge in [0, 0.05) is 0 Å². The zero-order chi connectivity index (χ0) is 8.15. The monoisotopic (exact) mass is 133 g/mol. The number of hydrogen-bond donors (Lipinski definition) is 0. The third kappa shape index (κ3) is 3.70. The molecule has 0 saturated carbocycles. The van der Waals surface area contributed by atoms with Crippen LogP contribution in [0.15, 0.2) is 12.4 Å². The molecule has 0 bridgehead atoms. The summed E-state index contributed by atoms with van der Waals surface area (Å²) in [6.45, 7) is 3.54. The first-order valence-corrected chi connectivity index (χ1v) is 2.53. The van der Waals surface area contributed by atoms with Crippen LogP contribution in [0, 0.1) is 0 Å². The predicted molar refractivity (Wildman–Crippen MR) is 31.5 cm³/mol. The highest BCUT2D eigenvalue weighted by molar-refractivity contribution is 5.85. The Hall–Kier alpha value is -0.860. The molecule has 0 radical (unpaired) electrons. The second-order valence-electron chi connectivity index (χ2n) is 1.80. The fraction of sp³-hybridized carbons (Fsp3) is 0.500. The first kappa shape index (κ1) is 6.26. The van der Waals surface area contributed by atoms with Gasteiger partial charge in [-0.15, -0.1) is 0 Å². The van der Waals surface area contributed by atoms with Crippen LogP contribution in [0.2, 0.25) is 0 Å². The zero-order valence-electron chi connectivity index (χ0n) is 6.35. The standard InChI is InChI=1S/C6H9FO2/c1-4(2)9-6(8)5(3)7/h4H,3H2,1-2H3/i3D. The van der Waals surface area contributed by atoms with Gasteiger partial charge in [-0.2, -0.15) is 4.39 Å². The van der Waals surface area contributed by atoms with E-state index < -0.39 is 11.8 Å². The number of esters is 1. The molecule has 0 amide bonds. The number of carbonyl (C=O) groups excluding carboxylic acids is 1. The van der Waals surface area contributed by atoms with Crippen LogP contribution in [0.5, 0.6) is 0 Å². The SMILES string of the molecule is [2H]C=C(F)C(=O)OC(C)C. The second kappa shape index (κ2) is 3.22. The number of rotatable bonds is 2. The summed E-state index contributed by atoms with van der Waals surface area (Å²) in [5.74, 6) is -2.25. The van der Waals surface area contributed by atoms with Gasteiger partial charge in [-0.3, -0.25) is 0 Å². The molecule has 0 spiro atoms. The maximum absolute atomic E-state index is 12.1. The van der Waals surface area contributed by atoms with Crippen LogP contribution < -0.4 is 0 Å². The average Bonchev–Trinajstić information content (AvgIpc) is 1.85. The summed E-state index contributed by atoms with van der Waals surface area (Å²) in [6, 6.07) is 0. The van der Waals surface area contributed by atoms with Crippen LogP contribution in [0.3, 0.4) is 0 Å². The lowest BCUT2D eigenvalue weighted by Gasteiger charge is -2.04. The highest BCUT2D eigenvalue weighted by Crippen LogP contribution is 1.98. The van der Waals surface area contributed by atoms with Crippen molar-refractivity contribution in [3.8, 4) is 0 Å². The van der Waals surface area contributed by atoms with Crippen molar-refractivity contribution in [2.24, 2.45) is 0 Å². The van der Waals surface area contributed by atoms with Gasteiger partial charge in [-0.25, -0.2) is 4.79 Å². The van der Waals surface area contributed by atoms with E-state index in [1.54, 1.807) is 13.8 Å². The molecule has 0 fully saturated rings. The van der Waals surface area contributed by atoms with E-state index in [1.807, 2.05) is 0 Å². The van der Waals surface area contributed by atoms with Crippen LogP contribution in [0.4, 0.5) is 4.39 Å². The molecule has 0 aliphatic carbocycles. The Bertz CT molecular complexity index is 154. The third-order valence-electron chi connectivity index (χ3n) is 0.538. The molecule has 2 nitrogen and oxygen atoms in total. The first-order chi connectivity index (χ1) is 4.57. The molecule has 0 saturated heterocycles. The molecule has 0 atom stereocenters. The van der Waals surface area contributed by atoms with E-state index in [0.29, 0.717) is 6.55 Å². The van der Waals surface area contributed by atoms with E-state index in [-0.39, 0.29) is 6.10 Å². The average molecular weight is 133 g/mol. The summed E-state index contributed by atoms with van der Waals surface area (Å²) in [5, 5.41) is 0. The summed E-state index contributed by atoms with van der Waals surface area (Å²) < 4.78 is 22.8. The molecule has 9 heavy (non-hydrogen) atoms. The first-order valence-electron chi connectivity index (χ1n) is 3.10. The maximum atomic E-state index is 12.1. The van der Waals surface area contributed by atoms with Crippen LogP contribution >= 0.6 is 0 Å². The molecule has 0 heterocycles. The quantitative estimate of drug-likeness (QED) is 0.420. The number of hydrogen-bond acceptors (Lipinski definition) is 2. The van der Waals surface area contributed by atoms with Gasteiger partial charge >= 0.3 is 5.97 Å². The smallest absolute Gasteiger partial charge is 0.366 e. The van der Waals surface area contributed by atoms with Crippen molar-refractivity contribution in [1.82, 2.24) is 0 Å². The number of halogens is 1. The molecule has 0 aliphatic heterocycles. The summed E-state index contributed by atoms with van der Waals surface area (Å²) >= 11 is 0. The normalized spacial score (nSPS) is 13.3. The Morgan fingerprint density at radius 1 is 1.89 bits per heavy atom. The largest absolute Gasteiger partial charge is 0.458 e. The Labute approximate surface area is 54.7 Å². The minimum Gasteiger partial charge on any atom is -0.458 e. The molecule has 3 heteroatoms. The lowest BCUT2D eigenvalue weighted by molar-refractivity contribution is -0.144. The van der Waals surface area contributed by atoms with E-state index in [2.05, 4.69) is 4.74 Å². The Morgan fingerprint density at radius 2 is 2.44 bits per heavy atom. The minimum absolute atomic E-state index is 0.324. The van der Waals surface area contributed by atoms with E-state index in [1.165, 1.54) is 0 Å². The van der Waals surface area contributed by atoms with Crippen molar-refractivity contribution in [3.05, 3.63) is 12.4 Å². The second-order valence-corrected chi connectivity index (χ2v) is 1.80. The van der Waals surface area contributed by atoms with Gasteiger partial charge in [-0.05, 0) is 13.8 Å². The molecule has 0 aromatic carbocycles. The Kier molecular flexibility index (Phi) is 2.24. The van der Waals surface area contributed by atoms with Crippen LogP contribution in [0.25, 0.3) is 0 Å². The highest BCUT2D eigenvalue weighted by Gasteiger charge is 2.07. The summed E-state index contributed by atoms with van der Waals surface area (Å²) in [7, 11) is 0. The summed E-state index contributed by atoms with van der Waals surface area (Å²) in [5.41, 5.74) is 0. The van der Waals surface area contributed by atoms with Gasteiger partial charge < -0.3 is 4.74 Å². The van der Waals surface area contributed by atoms with Crippen molar-refractivity contribution < 1.29 is 15.3 Å². The molecule has 0 aromatic heterocycles. The molecule has 52 valence electrons. The summed E-state index contributed by atoms with van der Waals surface area (Å²) in [6.07, 6.45) is -0.349. The van der Waals surface area contributed by atoms with E-state index in [9.17, 15) is 9.18 Å². The van der Waals surface area contributed by atoms with Gasteiger partial charge in [0.2, 0.25) is 5.83 Å². The van der Waals surface area contributed by atoms with Crippen molar-refractivity contribution >= 4 is 5.97 Å². The molecule has 0 N–H and O–H groups in total. The number of carbonyl (C=O) groups is 1. The van der Waals surface area contributed by atoms with E-state index in [4.69, 9.17) is 1.37 Å². The van der Waals surface area contributed by atoms with Crippen molar-refractivity contribution in [2.45, 2.75) is 20.0 Å². The number of ether oxygens (including phenoxy) is 1. The fourth-order valence-corrected chi connectivity index (χ4v) is 0.270. The van der Waals surface area contributed by atoms with Crippen molar-refractivity contribution in [2.75, 3.05) is 0 Å². The van der Waals surface area contributed by atoms with Gasteiger partial charge in [0.25, 0.3) is 0 Å². The summed E-state index contributed by atoms with van der Waals surface area (Å²) in [4.78, 5) is 10.4. The predicted octanol–water partition coefficient (Wildman–Crippen LogP) is 1.42. The lowest BCUT2D eigenvalue weighted by atomic mass is 10.5. The Balaban J connectivity index is 3.86. The molecular formula is C6H9FO2. The fourth-order valence-electron chi connectivity index (χ4n) is 0.270.